The maximum absolute atomic E-state index is 5.14. The molecule has 4 nitrogen and oxygen atoms in total. The van der Waals surface area contributed by atoms with Crippen LogP contribution in [0.5, 0.6) is 0 Å². The van der Waals surface area contributed by atoms with E-state index in [9.17, 15) is 0 Å². The second-order valence-corrected chi connectivity index (χ2v) is 4.57. The van der Waals surface area contributed by atoms with Crippen LogP contribution < -0.4 is 10.6 Å². The van der Waals surface area contributed by atoms with Crippen molar-refractivity contribution in [3.8, 4) is 0 Å². The van der Waals surface area contributed by atoms with E-state index in [1.165, 1.54) is 5.39 Å². The van der Waals surface area contributed by atoms with E-state index in [1.807, 2.05) is 24.4 Å². The molecule has 1 atom stereocenters. The van der Waals surface area contributed by atoms with E-state index in [-0.39, 0.29) is 0 Å². The van der Waals surface area contributed by atoms with Gasteiger partial charge in [0, 0.05) is 31.7 Å². The zero-order valence-electron chi connectivity index (χ0n) is 10.4. The highest BCUT2D eigenvalue weighted by Gasteiger charge is 2.19. The van der Waals surface area contributed by atoms with Gasteiger partial charge < -0.3 is 15.4 Å². The normalized spacial score (nSPS) is 17.9. The lowest BCUT2D eigenvalue weighted by Gasteiger charge is -2.29. The molecule has 0 radical (unpaired) electrons. The second-order valence-electron chi connectivity index (χ2n) is 4.57. The molecule has 0 saturated carbocycles. The van der Waals surface area contributed by atoms with E-state index in [1.54, 1.807) is 7.11 Å². The van der Waals surface area contributed by atoms with Crippen molar-refractivity contribution in [3.63, 3.8) is 0 Å². The maximum Gasteiger partial charge on any atom is 0.0769 e. The summed E-state index contributed by atoms with van der Waals surface area (Å²) in [5.74, 6) is 0. The van der Waals surface area contributed by atoms with Crippen LogP contribution in [0.15, 0.2) is 30.5 Å². The molecule has 1 unspecified atom stereocenters. The Hall–Kier alpha value is -1.81. The summed E-state index contributed by atoms with van der Waals surface area (Å²) in [6.07, 6.45) is 2.90. The minimum Gasteiger partial charge on any atom is -0.385 e. The summed E-state index contributed by atoms with van der Waals surface area (Å²) in [4.78, 5) is 4.45. The highest BCUT2D eigenvalue weighted by atomic mass is 16.5. The monoisotopic (exact) mass is 243 g/mol. The van der Waals surface area contributed by atoms with Crippen LogP contribution in [0, 0.1) is 0 Å². The third kappa shape index (κ3) is 1.99. The molecule has 1 aliphatic rings. The average Bonchev–Trinajstić information content (AvgIpc) is 2.45. The van der Waals surface area contributed by atoms with Crippen LogP contribution in [0.25, 0.3) is 10.9 Å². The lowest BCUT2D eigenvalue weighted by Crippen LogP contribution is -2.34. The fourth-order valence-electron chi connectivity index (χ4n) is 2.35. The molecule has 0 spiro atoms. The molecule has 2 heterocycles. The van der Waals surface area contributed by atoms with Crippen molar-refractivity contribution in [2.24, 2.45) is 0 Å². The van der Waals surface area contributed by atoms with Crippen LogP contribution in [0.2, 0.25) is 0 Å². The highest BCUT2D eigenvalue weighted by Crippen LogP contribution is 2.33. The number of anilines is 2. The average molecular weight is 243 g/mol. The van der Waals surface area contributed by atoms with Crippen molar-refractivity contribution in [1.29, 1.82) is 0 Å². The number of pyridine rings is 1. The Bertz CT molecular complexity index is 556. The summed E-state index contributed by atoms with van der Waals surface area (Å²) in [7, 11) is 1.74. The van der Waals surface area contributed by atoms with Crippen LogP contribution in [-0.4, -0.2) is 31.3 Å². The Kier molecular flexibility index (Phi) is 3.02. The molecule has 2 aromatic rings. The smallest absolute Gasteiger partial charge is 0.0769 e. The van der Waals surface area contributed by atoms with Gasteiger partial charge in [0.05, 0.1) is 23.1 Å². The van der Waals surface area contributed by atoms with Crippen LogP contribution in [0.3, 0.4) is 0 Å². The molecule has 0 saturated heterocycles. The van der Waals surface area contributed by atoms with Gasteiger partial charge in [-0.3, -0.25) is 4.98 Å². The number of nitrogens with zero attached hydrogens (tertiary/aromatic N) is 1. The first-order chi connectivity index (χ1) is 8.88. The van der Waals surface area contributed by atoms with Crippen LogP contribution in [0.1, 0.15) is 6.42 Å². The second kappa shape index (κ2) is 4.82. The van der Waals surface area contributed by atoms with Gasteiger partial charge in [-0.2, -0.15) is 0 Å². The first-order valence-electron chi connectivity index (χ1n) is 6.25. The Labute approximate surface area is 106 Å². The van der Waals surface area contributed by atoms with Crippen molar-refractivity contribution in [2.75, 3.05) is 30.9 Å². The summed E-state index contributed by atoms with van der Waals surface area (Å²) in [5.41, 5.74) is 3.27. The fourth-order valence-corrected chi connectivity index (χ4v) is 2.35. The van der Waals surface area contributed by atoms with Crippen LogP contribution in [-0.2, 0) is 4.74 Å². The van der Waals surface area contributed by atoms with Gasteiger partial charge >= 0.3 is 0 Å². The van der Waals surface area contributed by atoms with Crippen LogP contribution >= 0.6 is 0 Å². The number of methoxy groups -OCH3 is 1. The lowest BCUT2D eigenvalue weighted by atomic mass is 10.1. The van der Waals surface area contributed by atoms with E-state index in [2.05, 4.69) is 21.7 Å². The Morgan fingerprint density at radius 1 is 1.39 bits per heavy atom. The molecule has 1 aromatic heterocycles. The molecular formula is C14H17N3O. The number of hydrogen-bond donors (Lipinski definition) is 2. The number of para-hydroxylation sites is 1. The van der Waals surface area contributed by atoms with E-state index in [4.69, 9.17) is 4.74 Å². The third-order valence-electron chi connectivity index (χ3n) is 3.33. The largest absolute Gasteiger partial charge is 0.385 e. The summed E-state index contributed by atoms with van der Waals surface area (Å²) < 4.78 is 5.14. The van der Waals surface area contributed by atoms with E-state index >= 15 is 0 Å². The fraction of sp³-hybridized carbons (Fsp3) is 0.357. The summed E-state index contributed by atoms with van der Waals surface area (Å²) >= 11 is 0. The number of rotatable bonds is 3. The van der Waals surface area contributed by atoms with Crippen molar-refractivity contribution in [2.45, 2.75) is 12.5 Å². The quantitative estimate of drug-likeness (QED) is 0.869. The van der Waals surface area contributed by atoms with Gasteiger partial charge in [-0.25, -0.2) is 0 Å². The SMILES string of the molecule is COCCC1CNc2cnc3ccccc3c2N1. The highest BCUT2D eigenvalue weighted by molar-refractivity contribution is 5.98. The molecular weight excluding hydrogens is 226 g/mol. The minimum atomic E-state index is 0.406. The van der Waals surface area contributed by atoms with Crippen molar-refractivity contribution >= 4 is 22.3 Å². The van der Waals surface area contributed by atoms with Crippen LogP contribution in [0.4, 0.5) is 11.4 Å². The van der Waals surface area contributed by atoms with Gasteiger partial charge in [0.2, 0.25) is 0 Å². The maximum atomic E-state index is 5.14. The van der Waals surface area contributed by atoms with Crippen molar-refractivity contribution in [3.05, 3.63) is 30.5 Å². The zero-order chi connectivity index (χ0) is 12.4. The Morgan fingerprint density at radius 3 is 3.17 bits per heavy atom. The molecule has 0 amide bonds. The number of aromatic nitrogens is 1. The van der Waals surface area contributed by atoms with Gasteiger partial charge in [-0.1, -0.05) is 18.2 Å². The predicted molar refractivity (Wildman–Crippen MR) is 74.1 cm³/mol. The van der Waals surface area contributed by atoms with E-state index in [0.717, 1.165) is 36.5 Å². The van der Waals surface area contributed by atoms with Gasteiger partial charge in [-0.15, -0.1) is 0 Å². The molecule has 18 heavy (non-hydrogen) atoms. The molecule has 1 aliphatic heterocycles. The molecule has 0 bridgehead atoms. The minimum absolute atomic E-state index is 0.406. The molecule has 1 aromatic carbocycles. The summed E-state index contributed by atoms with van der Waals surface area (Å²) in [6.45, 7) is 1.69. The molecule has 0 aliphatic carbocycles. The lowest BCUT2D eigenvalue weighted by molar-refractivity contribution is 0.190. The van der Waals surface area contributed by atoms with Gasteiger partial charge in [0.15, 0.2) is 0 Å². The first-order valence-corrected chi connectivity index (χ1v) is 6.25. The molecule has 94 valence electrons. The predicted octanol–water partition coefficient (Wildman–Crippen LogP) is 2.48. The number of benzene rings is 1. The van der Waals surface area contributed by atoms with Gasteiger partial charge in [-0.05, 0) is 12.5 Å². The third-order valence-corrected chi connectivity index (χ3v) is 3.33. The van der Waals surface area contributed by atoms with E-state index < -0.39 is 0 Å². The van der Waals surface area contributed by atoms with Gasteiger partial charge in [0.1, 0.15) is 0 Å². The topological polar surface area (TPSA) is 46.2 Å². The van der Waals surface area contributed by atoms with E-state index in [0.29, 0.717) is 6.04 Å². The van der Waals surface area contributed by atoms with Crippen molar-refractivity contribution in [1.82, 2.24) is 4.98 Å². The zero-order valence-corrected chi connectivity index (χ0v) is 10.4. The number of ether oxygens (including phenoxy) is 1. The summed E-state index contributed by atoms with van der Waals surface area (Å²) in [6, 6.07) is 8.61. The van der Waals surface area contributed by atoms with Crippen molar-refractivity contribution < 1.29 is 4.74 Å². The Morgan fingerprint density at radius 2 is 2.28 bits per heavy atom. The summed E-state index contributed by atoms with van der Waals surface area (Å²) in [5, 5.41) is 8.20. The molecule has 0 fully saturated rings. The molecule has 3 rings (SSSR count). The Balaban J connectivity index is 1.95. The number of hydrogen-bond acceptors (Lipinski definition) is 4. The standard InChI is InChI=1S/C14H17N3O/c1-18-7-6-10-8-15-13-9-16-12-5-3-2-4-11(12)14(13)17-10/h2-5,9-10,15,17H,6-8H2,1H3. The first kappa shape index (κ1) is 11.3. The molecule has 2 N–H and O–H groups in total. The number of nitrogens with one attached hydrogen (secondary N) is 2. The van der Waals surface area contributed by atoms with Gasteiger partial charge in [0.25, 0.3) is 0 Å². The number of fused-ring (bicyclic) bond motifs is 3. The molecule has 4 heteroatoms.